The van der Waals surface area contributed by atoms with Crippen LogP contribution in [0.5, 0.6) is 0 Å². The molecule has 0 spiro atoms. The monoisotopic (exact) mass is 380 g/mol. The first-order valence-electron chi connectivity index (χ1n) is 7.12. The number of halogens is 3. The highest BCUT2D eigenvalue weighted by Crippen LogP contribution is 2.31. The Labute approximate surface area is 141 Å². The average molecular weight is 380 g/mol. The van der Waals surface area contributed by atoms with Crippen molar-refractivity contribution in [1.82, 2.24) is 9.21 Å². The number of hydrogen-bond acceptors (Lipinski definition) is 4. The van der Waals surface area contributed by atoms with Crippen LogP contribution in [-0.4, -0.2) is 60.3 Å². The van der Waals surface area contributed by atoms with Crippen molar-refractivity contribution in [3.8, 4) is 0 Å². The molecule has 0 unspecified atom stereocenters. The van der Waals surface area contributed by atoms with Gasteiger partial charge in [0.1, 0.15) is 6.04 Å². The second-order valence-corrected chi connectivity index (χ2v) is 7.35. The molecule has 1 atom stereocenters. The molecule has 1 aromatic rings. The molecule has 11 heteroatoms. The molecule has 138 valence electrons. The van der Waals surface area contributed by atoms with Gasteiger partial charge in [-0.15, -0.1) is 0 Å². The quantitative estimate of drug-likeness (QED) is 0.845. The van der Waals surface area contributed by atoms with E-state index in [1.807, 2.05) is 0 Å². The Hall–Kier alpha value is -2.14. The van der Waals surface area contributed by atoms with Crippen LogP contribution in [0, 0.1) is 0 Å². The fourth-order valence-corrected chi connectivity index (χ4v) is 4.12. The number of amides is 1. The predicted molar refractivity (Wildman–Crippen MR) is 79.0 cm³/mol. The molecule has 1 saturated heterocycles. The number of sulfonamides is 1. The molecule has 0 aromatic heterocycles. The molecule has 0 bridgehead atoms. The number of aliphatic carboxylic acids is 1. The number of alkyl halides is 3. The summed E-state index contributed by atoms with van der Waals surface area (Å²) in [6.07, 6.45) is -4.73. The Balaban J connectivity index is 2.41. The lowest BCUT2D eigenvalue weighted by Crippen LogP contribution is -2.58. The van der Waals surface area contributed by atoms with Crippen LogP contribution in [0.2, 0.25) is 0 Å². The number of carbonyl (C=O) groups excluding carboxylic acids is 1. The largest absolute Gasteiger partial charge is 0.480 e. The molecule has 0 saturated carbocycles. The molecule has 1 aliphatic heterocycles. The number of nitrogens with zero attached hydrogens (tertiary/aromatic N) is 2. The van der Waals surface area contributed by atoms with E-state index in [-0.39, 0.29) is 19.6 Å². The van der Waals surface area contributed by atoms with Crippen molar-refractivity contribution < 1.29 is 36.3 Å². The number of carboxylic acids is 1. The van der Waals surface area contributed by atoms with Crippen LogP contribution < -0.4 is 0 Å². The Morgan fingerprint density at radius 1 is 1.24 bits per heavy atom. The van der Waals surface area contributed by atoms with Gasteiger partial charge in [-0.1, -0.05) is 6.07 Å². The van der Waals surface area contributed by atoms with Crippen LogP contribution in [0.4, 0.5) is 13.2 Å². The normalized spacial score (nSPS) is 19.7. The van der Waals surface area contributed by atoms with Gasteiger partial charge in [-0.3, -0.25) is 9.59 Å². The number of carbonyl (C=O) groups is 2. The van der Waals surface area contributed by atoms with E-state index in [0.717, 1.165) is 18.2 Å². The molecule has 25 heavy (non-hydrogen) atoms. The summed E-state index contributed by atoms with van der Waals surface area (Å²) in [5.74, 6) is -1.90. The van der Waals surface area contributed by atoms with Gasteiger partial charge in [0.05, 0.1) is 10.5 Å². The van der Waals surface area contributed by atoms with Crippen molar-refractivity contribution in [3.05, 3.63) is 29.8 Å². The summed E-state index contributed by atoms with van der Waals surface area (Å²) in [6, 6.07) is 1.53. The molecule has 1 heterocycles. The fraction of sp³-hybridized carbons (Fsp3) is 0.429. The van der Waals surface area contributed by atoms with E-state index < -0.39 is 44.6 Å². The lowest BCUT2D eigenvalue weighted by molar-refractivity contribution is -0.145. The first-order valence-corrected chi connectivity index (χ1v) is 8.56. The maximum absolute atomic E-state index is 12.8. The zero-order chi connectivity index (χ0) is 19.0. The van der Waals surface area contributed by atoms with Gasteiger partial charge in [0.2, 0.25) is 15.9 Å². The third-order valence-corrected chi connectivity index (χ3v) is 5.73. The molecule has 1 amide bonds. The molecule has 1 aliphatic rings. The summed E-state index contributed by atoms with van der Waals surface area (Å²) in [5.41, 5.74) is -1.15. The molecule has 7 nitrogen and oxygen atoms in total. The summed E-state index contributed by atoms with van der Waals surface area (Å²) in [5, 5.41) is 9.28. The van der Waals surface area contributed by atoms with Gasteiger partial charge in [0, 0.05) is 26.6 Å². The zero-order valence-corrected chi connectivity index (χ0v) is 13.8. The predicted octanol–water partition coefficient (Wildman–Crippen LogP) is 1.01. The molecule has 1 fully saturated rings. The van der Waals surface area contributed by atoms with Crippen molar-refractivity contribution in [2.45, 2.75) is 24.0 Å². The Morgan fingerprint density at radius 2 is 1.88 bits per heavy atom. The SMILES string of the molecule is CC(=O)N1CCN(S(=O)(=O)c2cccc(C(F)(F)F)c2)[C@@H](C(=O)O)C1. The summed E-state index contributed by atoms with van der Waals surface area (Å²) in [7, 11) is -4.47. The highest BCUT2D eigenvalue weighted by atomic mass is 32.2. The van der Waals surface area contributed by atoms with E-state index in [0.29, 0.717) is 10.4 Å². The third kappa shape index (κ3) is 3.93. The van der Waals surface area contributed by atoms with Gasteiger partial charge in [-0.2, -0.15) is 17.5 Å². The van der Waals surface area contributed by atoms with Crippen molar-refractivity contribution in [1.29, 1.82) is 0 Å². The van der Waals surface area contributed by atoms with Gasteiger partial charge in [-0.05, 0) is 18.2 Å². The second kappa shape index (κ2) is 6.64. The average Bonchev–Trinajstić information content (AvgIpc) is 2.53. The minimum absolute atomic E-state index is 0.0443. The van der Waals surface area contributed by atoms with E-state index in [1.165, 1.54) is 11.8 Å². The summed E-state index contributed by atoms with van der Waals surface area (Å²) in [4.78, 5) is 23.3. The van der Waals surface area contributed by atoms with Crippen molar-refractivity contribution in [2.24, 2.45) is 0 Å². The van der Waals surface area contributed by atoms with Crippen LogP contribution in [0.3, 0.4) is 0 Å². The van der Waals surface area contributed by atoms with Crippen molar-refractivity contribution in [2.75, 3.05) is 19.6 Å². The van der Waals surface area contributed by atoms with Crippen molar-refractivity contribution >= 4 is 21.9 Å². The number of piperazine rings is 1. The summed E-state index contributed by atoms with van der Waals surface area (Å²) in [6.45, 7) is 0.477. The number of benzene rings is 1. The molecular formula is C14H15F3N2O5S. The van der Waals surface area contributed by atoms with Crippen LogP contribution in [0.25, 0.3) is 0 Å². The second-order valence-electron chi connectivity index (χ2n) is 5.46. The van der Waals surface area contributed by atoms with E-state index in [2.05, 4.69) is 0 Å². The standard InChI is InChI=1S/C14H15F3N2O5S/c1-9(20)18-5-6-19(12(8-18)13(21)22)25(23,24)11-4-2-3-10(7-11)14(15,16)17/h2-4,7,12H,5-6,8H2,1H3,(H,21,22)/t12-/m1/s1. The van der Waals surface area contributed by atoms with E-state index in [4.69, 9.17) is 0 Å². The molecule has 1 N–H and O–H groups in total. The highest BCUT2D eigenvalue weighted by molar-refractivity contribution is 7.89. The fourth-order valence-electron chi connectivity index (χ4n) is 2.51. The maximum Gasteiger partial charge on any atom is 0.416 e. The third-order valence-electron chi connectivity index (χ3n) is 3.83. The lowest BCUT2D eigenvalue weighted by Gasteiger charge is -2.38. The van der Waals surface area contributed by atoms with E-state index in [1.54, 1.807) is 0 Å². The zero-order valence-electron chi connectivity index (χ0n) is 13.0. The first-order chi connectivity index (χ1) is 11.4. The van der Waals surface area contributed by atoms with Gasteiger partial charge < -0.3 is 10.0 Å². The molecule has 2 rings (SSSR count). The van der Waals surface area contributed by atoms with Crippen LogP contribution >= 0.6 is 0 Å². The van der Waals surface area contributed by atoms with Crippen LogP contribution in [0.15, 0.2) is 29.2 Å². The first kappa shape index (κ1) is 19.2. The molecule has 0 radical (unpaired) electrons. The van der Waals surface area contributed by atoms with Crippen LogP contribution in [-0.2, 0) is 25.8 Å². The lowest BCUT2D eigenvalue weighted by atomic mass is 10.2. The Kier molecular flexibility index (Phi) is 5.09. The van der Waals surface area contributed by atoms with Gasteiger partial charge in [0.25, 0.3) is 0 Å². The summed E-state index contributed by atoms with van der Waals surface area (Å²) >= 11 is 0. The highest BCUT2D eigenvalue weighted by Gasteiger charge is 2.41. The molecule has 0 aliphatic carbocycles. The van der Waals surface area contributed by atoms with Crippen LogP contribution in [0.1, 0.15) is 12.5 Å². The smallest absolute Gasteiger partial charge is 0.416 e. The van der Waals surface area contributed by atoms with Gasteiger partial charge in [0.15, 0.2) is 0 Å². The van der Waals surface area contributed by atoms with E-state index in [9.17, 15) is 36.3 Å². The topological polar surface area (TPSA) is 95.0 Å². The summed E-state index contributed by atoms with van der Waals surface area (Å²) < 4.78 is 64.3. The minimum atomic E-state index is -4.73. The van der Waals surface area contributed by atoms with Gasteiger partial charge in [-0.25, -0.2) is 8.42 Å². The number of rotatable bonds is 3. The van der Waals surface area contributed by atoms with E-state index >= 15 is 0 Å². The Bertz CT molecular complexity index is 794. The number of hydrogen-bond donors (Lipinski definition) is 1. The molecule has 1 aromatic carbocycles. The Morgan fingerprint density at radius 3 is 2.40 bits per heavy atom. The van der Waals surface area contributed by atoms with Gasteiger partial charge >= 0.3 is 12.1 Å². The number of carboxylic acid groups (broad SMARTS) is 1. The molecular weight excluding hydrogens is 365 g/mol. The van der Waals surface area contributed by atoms with Crippen molar-refractivity contribution in [3.63, 3.8) is 0 Å². The minimum Gasteiger partial charge on any atom is -0.480 e. The maximum atomic E-state index is 12.8.